The van der Waals surface area contributed by atoms with Gasteiger partial charge in [0.1, 0.15) is 5.75 Å². The lowest BCUT2D eigenvalue weighted by Crippen LogP contribution is -2.48. The third-order valence-corrected chi connectivity index (χ3v) is 5.63. The van der Waals surface area contributed by atoms with Crippen LogP contribution in [0.3, 0.4) is 0 Å². The Bertz CT molecular complexity index is 990. The minimum Gasteiger partial charge on any atom is -0.497 e. The van der Waals surface area contributed by atoms with Crippen LogP contribution in [-0.2, 0) is 11.2 Å². The monoisotopic (exact) mass is 420 g/mol. The van der Waals surface area contributed by atoms with Crippen LogP contribution in [0.5, 0.6) is 5.75 Å². The molecule has 0 aliphatic carbocycles. The summed E-state index contributed by atoms with van der Waals surface area (Å²) in [7, 11) is 1.67. The van der Waals surface area contributed by atoms with Crippen molar-refractivity contribution in [3.8, 4) is 17.1 Å². The van der Waals surface area contributed by atoms with E-state index < -0.39 is 0 Å². The van der Waals surface area contributed by atoms with E-state index in [-0.39, 0.29) is 5.91 Å². The molecule has 0 N–H and O–H groups in total. The fourth-order valence-electron chi connectivity index (χ4n) is 3.73. The van der Waals surface area contributed by atoms with Crippen LogP contribution in [-0.4, -0.2) is 54.2 Å². The Morgan fingerprint density at radius 1 is 1.03 bits per heavy atom. The van der Waals surface area contributed by atoms with Crippen molar-refractivity contribution < 1.29 is 14.1 Å². The van der Waals surface area contributed by atoms with E-state index in [0.717, 1.165) is 43.2 Å². The third-order valence-electron chi connectivity index (χ3n) is 5.63. The summed E-state index contributed by atoms with van der Waals surface area (Å²) >= 11 is 0. The molecule has 4 rings (SSSR count). The molecule has 1 fully saturated rings. The van der Waals surface area contributed by atoms with Crippen molar-refractivity contribution in [3.63, 3.8) is 0 Å². The number of hydrogen-bond donors (Lipinski definition) is 0. The fourth-order valence-corrected chi connectivity index (χ4v) is 3.73. The van der Waals surface area contributed by atoms with Gasteiger partial charge in [-0.1, -0.05) is 35.0 Å². The number of methoxy groups -OCH3 is 1. The number of hydrogen-bond acceptors (Lipinski definition) is 6. The molecular weight excluding hydrogens is 392 g/mol. The topological polar surface area (TPSA) is 71.7 Å². The number of nitrogens with zero attached hydrogens (tertiary/aromatic N) is 4. The third kappa shape index (κ3) is 5.23. The quantitative estimate of drug-likeness (QED) is 0.580. The second-order valence-corrected chi connectivity index (χ2v) is 7.80. The Kier molecular flexibility index (Phi) is 6.50. The lowest BCUT2D eigenvalue weighted by molar-refractivity contribution is -0.131. The fraction of sp³-hybridized carbons (Fsp3) is 0.375. The largest absolute Gasteiger partial charge is 0.497 e. The van der Waals surface area contributed by atoms with Crippen LogP contribution in [0.25, 0.3) is 11.4 Å². The molecule has 2 heterocycles. The number of amides is 1. The van der Waals surface area contributed by atoms with E-state index in [1.54, 1.807) is 7.11 Å². The highest BCUT2D eigenvalue weighted by Gasteiger charge is 2.21. The normalized spacial score (nSPS) is 14.0. The minimum atomic E-state index is 0.188. The standard InChI is InChI=1S/C24H28N4O3/c1-18-6-8-19(9-7-18)24-25-22(31-26-24)4-3-5-23(29)28-16-14-27(15-17-28)20-10-12-21(30-2)13-11-20/h6-13H,3-5,14-17H2,1-2H3. The van der Waals surface area contributed by atoms with Gasteiger partial charge in [-0.05, 0) is 37.6 Å². The molecule has 0 atom stereocenters. The van der Waals surface area contributed by atoms with Crippen LogP contribution >= 0.6 is 0 Å². The Morgan fingerprint density at radius 3 is 2.42 bits per heavy atom. The first-order valence-corrected chi connectivity index (χ1v) is 10.7. The van der Waals surface area contributed by atoms with E-state index in [1.165, 1.54) is 5.56 Å². The first-order chi connectivity index (χ1) is 15.1. The summed E-state index contributed by atoms with van der Waals surface area (Å²) in [5.74, 6) is 2.21. The number of carbonyl (C=O) groups excluding carboxylic acids is 1. The lowest BCUT2D eigenvalue weighted by Gasteiger charge is -2.36. The zero-order chi connectivity index (χ0) is 21.6. The number of ether oxygens (including phenoxy) is 1. The average molecular weight is 421 g/mol. The van der Waals surface area contributed by atoms with Gasteiger partial charge in [0.25, 0.3) is 0 Å². The number of piperazine rings is 1. The van der Waals surface area contributed by atoms with E-state index in [2.05, 4.69) is 27.2 Å². The molecule has 0 radical (unpaired) electrons. The molecule has 1 aliphatic rings. The molecule has 3 aromatic rings. The first kappa shape index (κ1) is 20.9. The summed E-state index contributed by atoms with van der Waals surface area (Å²) in [6.07, 6.45) is 1.80. The predicted molar refractivity (Wildman–Crippen MR) is 119 cm³/mol. The molecule has 1 aromatic heterocycles. The maximum absolute atomic E-state index is 12.6. The molecule has 0 unspecified atom stereocenters. The summed E-state index contributed by atoms with van der Waals surface area (Å²) in [4.78, 5) is 21.3. The molecule has 162 valence electrons. The molecule has 1 amide bonds. The zero-order valence-corrected chi connectivity index (χ0v) is 18.1. The molecule has 1 aliphatic heterocycles. The van der Waals surface area contributed by atoms with Gasteiger partial charge in [0.2, 0.25) is 17.6 Å². The second kappa shape index (κ2) is 9.64. The van der Waals surface area contributed by atoms with Crippen molar-refractivity contribution in [1.29, 1.82) is 0 Å². The number of rotatable bonds is 7. The Morgan fingerprint density at radius 2 is 1.74 bits per heavy atom. The summed E-state index contributed by atoms with van der Waals surface area (Å²) < 4.78 is 10.6. The molecule has 7 heteroatoms. The highest BCUT2D eigenvalue weighted by molar-refractivity contribution is 5.76. The van der Waals surface area contributed by atoms with Gasteiger partial charge in [-0.2, -0.15) is 4.98 Å². The summed E-state index contributed by atoms with van der Waals surface area (Å²) in [6, 6.07) is 16.1. The van der Waals surface area contributed by atoms with Crippen molar-refractivity contribution in [2.75, 3.05) is 38.2 Å². The van der Waals surface area contributed by atoms with Gasteiger partial charge >= 0.3 is 0 Å². The first-order valence-electron chi connectivity index (χ1n) is 10.7. The van der Waals surface area contributed by atoms with Gasteiger partial charge in [0, 0.05) is 50.3 Å². The lowest BCUT2D eigenvalue weighted by atomic mass is 10.1. The maximum Gasteiger partial charge on any atom is 0.226 e. The van der Waals surface area contributed by atoms with Crippen LogP contribution in [0.15, 0.2) is 53.1 Å². The van der Waals surface area contributed by atoms with E-state index >= 15 is 0 Å². The SMILES string of the molecule is COc1ccc(N2CCN(C(=O)CCCc3nc(-c4ccc(C)cc4)no3)CC2)cc1. The van der Waals surface area contributed by atoms with E-state index in [1.807, 2.05) is 48.2 Å². The predicted octanol–water partition coefficient (Wildman–Crippen LogP) is 3.73. The smallest absolute Gasteiger partial charge is 0.226 e. The molecule has 2 aromatic carbocycles. The van der Waals surface area contributed by atoms with Crippen molar-refractivity contribution >= 4 is 11.6 Å². The van der Waals surface area contributed by atoms with Gasteiger partial charge in [-0.25, -0.2) is 0 Å². The minimum absolute atomic E-state index is 0.188. The Balaban J connectivity index is 1.21. The van der Waals surface area contributed by atoms with Crippen molar-refractivity contribution in [2.24, 2.45) is 0 Å². The molecule has 7 nitrogen and oxygen atoms in total. The van der Waals surface area contributed by atoms with Crippen LogP contribution < -0.4 is 9.64 Å². The van der Waals surface area contributed by atoms with Crippen LogP contribution in [0.1, 0.15) is 24.3 Å². The van der Waals surface area contributed by atoms with Gasteiger partial charge in [0.15, 0.2) is 0 Å². The van der Waals surface area contributed by atoms with Crippen molar-refractivity contribution in [3.05, 3.63) is 60.0 Å². The van der Waals surface area contributed by atoms with Gasteiger partial charge in [0.05, 0.1) is 7.11 Å². The number of anilines is 1. The van der Waals surface area contributed by atoms with Crippen LogP contribution in [0, 0.1) is 6.92 Å². The van der Waals surface area contributed by atoms with Gasteiger partial charge < -0.3 is 19.1 Å². The molecule has 0 spiro atoms. The van der Waals surface area contributed by atoms with E-state index in [0.29, 0.717) is 31.0 Å². The number of benzene rings is 2. The summed E-state index contributed by atoms with van der Waals surface area (Å²) in [5.41, 5.74) is 3.29. The molecule has 0 saturated carbocycles. The van der Waals surface area contributed by atoms with E-state index in [4.69, 9.17) is 9.26 Å². The van der Waals surface area contributed by atoms with Crippen molar-refractivity contribution in [2.45, 2.75) is 26.2 Å². The van der Waals surface area contributed by atoms with Gasteiger partial charge in [-0.3, -0.25) is 4.79 Å². The van der Waals surface area contributed by atoms with Crippen molar-refractivity contribution in [1.82, 2.24) is 15.0 Å². The highest BCUT2D eigenvalue weighted by atomic mass is 16.5. The second-order valence-electron chi connectivity index (χ2n) is 7.80. The van der Waals surface area contributed by atoms with Crippen LogP contribution in [0.2, 0.25) is 0 Å². The molecule has 31 heavy (non-hydrogen) atoms. The Labute approximate surface area is 182 Å². The average Bonchev–Trinajstić information content (AvgIpc) is 3.28. The molecular formula is C24H28N4O3. The maximum atomic E-state index is 12.6. The number of carbonyl (C=O) groups is 1. The molecule has 1 saturated heterocycles. The number of aromatic nitrogens is 2. The summed E-state index contributed by atoms with van der Waals surface area (Å²) in [5, 5.41) is 4.06. The number of aryl methyl sites for hydroxylation is 2. The van der Waals surface area contributed by atoms with E-state index in [9.17, 15) is 4.79 Å². The van der Waals surface area contributed by atoms with Gasteiger partial charge in [-0.15, -0.1) is 0 Å². The van der Waals surface area contributed by atoms with Crippen LogP contribution in [0.4, 0.5) is 5.69 Å². The molecule has 0 bridgehead atoms. The zero-order valence-electron chi connectivity index (χ0n) is 18.1. The highest BCUT2D eigenvalue weighted by Crippen LogP contribution is 2.21. The Hall–Kier alpha value is -3.35. The summed E-state index contributed by atoms with van der Waals surface area (Å²) in [6.45, 7) is 5.19.